The highest BCUT2D eigenvalue weighted by Crippen LogP contribution is 2.20. The van der Waals surface area contributed by atoms with E-state index in [2.05, 4.69) is 10.2 Å². The van der Waals surface area contributed by atoms with E-state index in [-0.39, 0.29) is 6.42 Å². The zero-order valence-electron chi connectivity index (χ0n) is 7.70. The quantitative estimate of drug-likeness (QED) is 0.775. The van der Waals surface area contributed by atoms with Crippen molar-refractivity contribution in [1.29, 1.82) is 0 Å². The van der Waals surface area contributed by atoms with Crippen molar-refractivity contribution in [2.24, 2.45) is 0 Å². The van der Waals surface area contributed by atoms with Crippen LogP contribution in [-0.4, -0.2) is 21.3 Å². The lowest BCUT2D eigenvalue weighted by Gasteiger charge is -1.92. The van der Waals surface area contributed by atoms with Crippen LogP contribution in [0.3, 0.4) is 0 Å². The summed E-state index contributed by atoms with van der Waals surface area (Å²) in [6, 6.07) is 1.82. The summed E-state index contributed by atoms with van der Waals surface area (Å²) in [6.45, 7) is 1.84. The molecule has 2 aromatic rings. The van der Waals surface area contributed by atoms with Gasteiger partial charge in [0.1, 0.15) is 11.3 Å². The fourth-order valence-corrected chi connectivity index (χ4v) is 1.38. The maximum Gasteiger partial charge on any atom is 0.303 e. The third kappa shape index (κ3) is 1.48. The van der Waals surface area contributed by atoms with Gasteiger partial charge in [-0.3, -0.25) is 9.89 Å². The maximum absolute atomic E-state index is 10.4. The third-order valence-corrected chi connectivity index (χ3v) is 2.01. The van der Waals surface area contributed by atoms with Crippen LogP contribution < -0.4 is 0 Å². The molecule has 5 heteroatoms. The summed E-state index contributed by atoms with van der Waals surface area (Å²) in [7, 11) is 0. The standard InChI is InChI=1S/C9H10N2O3/c1-5-4-7-9(14-5)6(10-11-7)2-3-8(12)13/h4H,2-3H2,1H3,(H,10,11)(H,12,13). The van der Waals surface area contributed by atoms with Gasteiger partial charge in [0.2, 0.25) is 0 Å². The Morgan fingerprint density at radius 2 is 2.50 bits per heavy atom. The van der Waals surface area contributed by atoms with Crippen LogP contribution in [0.1, 0.15) is 17.9 Å². The van der Waals surface area contributed by atoms with Crippen LogP contribution in [0, 0.1) is 6.92 Å². The molecule has 5 nitrogen and oxygen atoms in total. The molecule has 0 saturated carbocycles. The van der Waals surface area contributed by atoms with E-state index in [1.54, 1.807) is 0 Å². The third-order valence-electron chi connectivity index (χ3n) is 2.01. The summed E-state index contributed by atoms with van der Waals surface area (Å²) in [6.07, 6.45) is 0.496. The van der Waals surface area contributed by atoms with E-state index in [0.717, 1.165) is 17.0 Å². The zero-order valence-corrected chi connectivity index (χ0v) is 7.70. The Morgan fingerprint density at radius 3 is 3.21 bits per heavy atom. The molecule has 0 fully saturated rings. The molecule has 2 rings (SSSR count). The number of hydrogen-bond donors (Lipinski definition) is 2. The Labute approximate surface area is 79.7 Å². The highest BCUT2D eigenvalue weighted by molar-refractivity contribution is 5.76. The van der Waals surface area contributed by atoms with Crippen molar-refractivity contribution in [3.63, 3.8) is 0 Å². The minimum absolute atomic E-state index is 0.0804. The molecule has 0 bridgehead atoms. The Hall–Kier alpha value is -1.78. The summed E-state index contributed by atoms with van der Waals surface area (Å²) in [5.41, 5.74) is 2.17. The van der Waals surface area contributed by atoms with E-state index < -0.39 is 5.97 Å². The van der Waals surface area contributed by atoms with Crippen molar-refractivity contribution >= 4 is 17.1 Å². The van der Waals surface area contributed by atoms with Crippen LogP contribution >= 0.6 is 0 Å². The van der Waals surface area contributed by atoms with Crippen LogP contribution in [0.4, 0.5) is 0 Å². The molecule has 14 heavy (non-hydrogen) atoms. The number of aliphatic carboxylic acids is 1. The van der Waals surface area contributed by atoms with Crippen molar-refractivity contribution < 1.29 is 14.3 Å². The number of carbonyl (C=O) groups is 1. The van der Waals surface area contributed by atoms with Gasteiger partial charge in [0, 0.05) is 12.5 Å². The molecule has 0 aromatic carbocycles. The molecule has 0 saturated heterocycles. The number of aryl methyl sites for hydroxylation is 2. The van der Waals surface area contributed by atoms with E-state index in [1.807, 2.05) is 13.0 Å². The van der Waals surface area contributed by atoms with Gasteiger partial charge >= 0.3 is 5.97 Å². The Morgan fingerprint density at radius 1 is 1.71 bits per heavy atom. The lowest BCUT2D eigenvalue weighted by Crippen LogP contribution is -1.97. The first-order valence-electron chi connectivity index (χ1n) is 4.32. The van der Waals surface area contributed by atoms with Gasteiger partial charge in [0.05, 0.1) is 12.1 Å². The van der Waals surface area contributed by atoms with E-state index >= 15 is 0 Å². The lowest BCUT2D eigenvalue weighted by molar-refractivity contribution is -0.136. The van der Waals surface area contributed by atoms with Gasteiger partial charge in [-0.25, -0.2) is 0 Å². The van der Waals surface area contributed by atoms with Crippen molar-refractivity contribution in [1.82, 2.24) is 10.2 Å². The van der Waals surface area contributed by atoms with Crippen LogP contribution in [-0.2, 0) is 11.2 Å². The van der Waals surface area contributed by atoms with Gasteiger partial charge in [0.15, 0.2) is 5.58 Å². The normalized spacial score (nSPS) is 10.9. The second-order valence-electron chi connectivity index (χ2n) is 3.17. The average molecular weight is 194 g/mol. The predicted octanol–water partition coefficient (Wildman–Crippen LogP) is 1.48. The summed E-state index contributed by atoms with van der Waals surface area (Å²) in [4.78, 5) is 10.4. The number of carboxylic acids is 1. The largest absolute Gasteiger partial charge is 0.481 e. The molecular weight excluding hydrogens is 184 g/mol. The first-order valence-corrected chi connectivity index (χ1v) is 4.32. The number of nitrogens with one attached hydrogen (secondary N) is 1. The second-order valence-corrected chi connectivity index (χ2v) is 3.17. The van der Waals surface area contributed by atoms with Crippen LogP contribution in [0.2, 0.25) is 0 Å². The van der Waals surface area contributed by atoms with Crippen molar-refractivity contribution in [2.45, 2.75) is 19.8 Å². The highest BCUT2D eigenvalue weighted by Gasteiger charge is 2.11. The van der Waals surface area contributed by atoms with E-state index in [9.17, 15) is 4.79 Å². The summed E-state index contributed by atoms with van der Waals surface area (Å²) >= 11 is 0. The zero-order chi connectivity index (χ0) is 10.1. The maximum atomic E-state index is 10.4. The fraction of sp³-hybridized carbons (Fsp3) is 0.333. The number of furan rings is 1. The number of rotatable bonds is 3. The average Bonchev–Trinajstić information content (AvgIpc) is 2.60. The molecule has 0 radical (unpaired) electrons. The topological polar surface area (TPSA) is 79.1 Å². The Balaban J connectivity index is 2.28. The molecule has 2 N–H and O–H groups in total. The van der Waals surface area contributed by atoms with Crippen LogP contribution in [0.15, 0.2) is 10.5 Å². The van der Waals surface area contributed by atoms with Gasteiger partial charge in [-0.05, 0) is 6.92 Å². The molecule has 0 atom stereocenters. The van der Waals surface area contributed by atoms with Crippen LogP contribution in [0.25, 0.3) is 11.1 Å². The molecule has 74 valence electrons. The SMILES string of the molecule is Cc1cc2n[nH]c(CCC(=O)O)c2o1. The molecule has 0 unspecified atom stereocenters. The first kappa shape index (κ1) is 8.80. The number of fused-ring (bicyclic) bond motifs is 1. The molecule has 0 aliphatic carbocycles. The number of H-pyrrole nitrogens is 1. The summed E-state index contributed by atoms with van der Waals surface area (Å²) in [5, 5.41) is 15.3. The fourth-order valence-electron chi connectivity index (χ4n) is 1.38. The Kier molecular flexibility index (Phi) is 1.99. The molecule has 2 aromatic heterocycles. The van der Waals surface area contributed by atoms with Crippen LogP contribution in [0.5, 0.6) is 0 Å². The van der Waals surface area contributed by atoms with Gasteiger partial charge in [-0.1, -0.05) is 0 Å². The minimum Gasteiger partial charge on any atom is -0.481 e. The molecular formula is C9H10N2O3. The first-order chi connectivity index (χ1) is 6.66. The Bertz CT molecular complexity index is 469. The molecule has 2 heterocycles. The van der Waals surface area contributed by atoms with Crippen molar-refractivity contribution in [2.75, 3.05) is 0 Å². The minimum atomic E-state index is -0.823. The summed E-state index contributed by atoms with van der Waals surface area (Å²) < 4.78 is 5.38. The molecule has 0 aliphatic rings. The second kappa shape index (κ2) is 3.17. The van der Waals surface area contributed by atoms with Gasteiger partial charge in [-0.2, -0.15) is 5.10 Å². The smallest absolute Gasteiger partial charge is 0.303 e. The van der Waals surface area contributed by atoms with E-state index in [4.69, 9.17) is 9.52 Å². The van der Waals surface area contributed by atoms with Gasteiger partial charge in [0.25, 0.3) is 0 Å². The number of hydrogen-bond acceptors (Lipinski definition) is 3. The van der Waals surface area contributed by atoms with Gasteiger partial charge < -0.3 is 9.52 Å². The van der Waals surface area contributed by atoms with E-state index in [0.29, 0.717) is 12.0 Å². The van der Waals surface area contributed by atoms with Crippen molar-refractivity contribution in [3.8, 4) is 0 Å². The van der Waals surface area contributed by atoms with E-state index in [1.165, 1.54) is 0 Å². The monoisotopic (exact) mass is 194 g/mol. The van der Waals surface area contributed by atoms with Gasteiger partial charge in [-0.15, -0.1) is 0 Å². The number of aromatic nitrogens is 2. The number of nitrogens with zero attached hydrogens (tertiary/aromatic N) is 1. The number of aromatic amines is 1. The molecule has 0 spiro atoms. The molecule has 0 amide bonds. The number of carboxylic acid groups (broad SMARTS) is 1. The lowest BCUT2D eigenvalue weighted by atomic mass is 10.2. The predicted molar refractivity (Wildman–Crippen MR) is 49.1 cm³/mol. The van der Waals surface area contributed by atoms with Crippen molar-refractivity contribution in [3.05, 3.63) is 17.5 Å². The molecule has 0 aliphatic heterocycles. The highest BCUT2D eigenvalue weighted by atomic mass is 16.4. The summed E-state index contributed by atoms with van der Waals surface area (Å²) in [5.74, 6) is -0.0379.